The average Bonchev–Trinajstić information content (AvgIpc) is 2.81. The number of hydrogen-bond donors (Lipinski definition) is 0. The van der Waals surface area contributed by atoms with E-state index in [0.29, 0.717) is 0 Å². The van der Waals surface area contributed by atoms with E-state index >= 15 is 0 Å². The van der Waals surface area contributed by atoms with E-state index in [9.17, 15) is 10.1 Å². The summed E-state index contributed by atoms with van der Waals surface area (Å²) >= 11 is 0. The van der Waals surface area contributed by atoms with Gasteiger partial charge in [0.05, 0.1) is 16.0 Å². The van der Waals surface area contributed by atoms with Gasteiger partial charge in [-0.1, -0.05) is 33.1 Å². The quantitative estimate of drug-likeness (QED) is 0.409. The summed E-state index contributed by atoms with van der Waals surface area (Å²) in [5.74, 6) is 1.05. The lowest BCUT2D eigenvalue weighted by atomic mass is 10.2. The molecule has 0 atom stereocenters. The normalized spacial score (nSPS) is 11.1. The Kier molecular flexibility index (Phi) is 5.31. The maximum absolute atomic E-state index is 10.9. The minimum atomic E-state index is -0.362. The van der Waals surface area contributed by atoms with E-state index in [1.165, 1.54) is 19.3 Å². The Bertz CT molecular complexity index is 619. The van der Waals surface area contributed by atoms with Crippen LogP contribution < -0.4 is 0 Å². The highest BCUT2D eigenvalue weighted by molar-refractivity contribution is 5.78. The average molecular weight is 289 g/mol. The van der Waals surface area contributed by atoms with Crippen LogP contribution in [0.1, 0.15) is 51.8 Å². The van der Waals surface area contributed by atoms with Crippen LogP contribution in [0.4, 0.5) is 5.69 Å². The summed E-state index contributed by atoms with van der Waals surface area (Å²) in [5, 5.41) is 10.9. The number of unbranched alkanes of at least 4 members (excludes halogenated alkanes) is 3. The fourth-order valence-corrected chi connectivity index (χ4v) is 2.64. The number of benzene rings is 1. The standard InChI is InChI=1S/C16H23N3O2/c1-3-5-6-7-11-18-15-10-9-13(19(20)21)12-14(15)17-16(18)8-4-2/h9-10,12H,3-8,11H2,1-2H3. The monoisotopic (exact) mass is 289 g/mol. The van der Waals surface area contributed by atoms with Gasteiger partial charge in [0.2, 0.25) is 0 Å². The van der Waals surface area contributed by atoms with Gasteiger partial charge in [-0.25, -0.2) is 4.98 Å². The van der Waals surface area contributed by atoms with Crippen molar-refractivity contribution in [2.45, 2.75) is 58.9 Å². The molecule has 114 valence electrons. The van der Waals surface area contributed by atoms with E-state index in [1.807, 2.05) is 6.07 Å². The third-order valence-electron chi connectivity index (χ3n) is 3.73. The number of nitro benzene ring substituents is 1. The summed E-state index contributed by atoms with van der Waals surface area (Å²) < 4.78 is 2.23. The number of hydrogen-bond acceptors (Lipinski definition) is 3. The molecule has 0 aliphatic rings. The Hall–Kier alpha value is -1.91. The molecule has 0 unspecified atom stereocenters. The van der Waals surface area contributed by atoms with Gasteiger partial charge in [0, 0.05) is 25.1 Å². The molecule has 0 radical (unpaired) electrons. The summed E-state index contributed by atoms with van der Waals surface area (Å²) in [4.78, 5) is 15.1. The molecular weight excluding hydrogens is 266 g/mol. The van der Waals surface area contributed by atoms with Gasteiger partial charge in [0.15, 0.2) is 0 Å². The number of non-ortho nitro benzene ring substituents is 1. The van der Waals surface area contributed by atoms with Crippen molar-refractivity contribution in [1.29, 1.82) is 0 Å². The molecule has 0 aliphatic carbocycles. The lowest BCUT2D eigenvalue weighted by molar-refractivity contribution is -0.384. The van der Waals surface area contributed by atoms with Gasteiger partial charge in [0.1, 0.15) is 5.82 Å². The zero-order valence-corrected chi connectivity index (χ0v) is 12.8. The third kappa shape index (κ3) is 3.60. The molecule has 0 fully saturated rings. The van der Waals surface area contributed by atoms with Crippen LogP contribution in [0.15, 0.2) is 18.2 Å². The molecular formula is C16H23N3O2. The van der Waals surface area contributed by atoms with E-state index in [0.717, 1.165) is 42.7 Å². The third-order valence-corrected chi connectivity index (χ3v) is 3.73. The number of aryl methyl sites for hydroxylation is 2. The van der Waals surface area contributed by atoms with Crippen LogP contribution in [0.25, 0.3) is 11.0 Å². The van der Waals surface area contributed by atoms with Gasteiger partial charge in [-0.2, -0.15) is 0 Å². The molecule has 1 aromatic carbocycles. The number of imidazole rings is 1. The predicted molar refractivity (Wildman–Crippen MR) is 84.5 cm³/mol. The topological polar surface area (TPSA) is 61.0 Å². The van der Waals surface area contributed by atoms with Gasteiger partial charge in [-0.15, -0.1) is 0 Å². The lowest BCUT2D eigenvalue weighted by Crippen LogP contribution is -2.04. The van der Waals surface area contributed by atoms with Gasteiger partial charge in [0.25, 0.3) is 5.69 Å². The molecule has 0 spiro atoms. The molecule has 5 nitrogen and oxygen atoms in total. The Balaban J connectivity index is 2.31. The highest BCUT2D eigenvalue weighted by atomic mass is 16.6. The fourth-order valence-electron chi connectivity index (χ4n) is 2.64. The highest BCUT2D eigenvalue weighted by Gasteiger charge is 2.13. The number of nitrogens with zero attached hydrogens (tertiary/aromatic N) is 3. The second-order valence-corrected chi connectivity index (χ2v) is 5.42. The Morgan fingerprint density at radius 2 is 2.00 bits per heavy atom. The van der Waals surface area contributed by atoms with E-state index < -0.39 is 0 Å². The minimum absolute atomic E-state index is 0.112. The molecule has 0 bridgehead atoms. The molecule has 21 heavy (non-hydrogen) atoms. The Labute approximate surface area is 125 Å². The van der Waals surface area contributed by atoms with Crippen molar-refractivity contribution in [2.24, 2.45) is 0 Å². The van der Waals surface area contributed by atoms with Crippen LogP contribution in [0.5, 0.6) is 0 Å². The zero-order valence-electron chi connectivity index (χ0n) is 12.8. The van der Waals surface area contributed by atoms with E-state index in [-0.39, 0.29) is 10.6 Å². The molecule has 0 amide bonds. The predicted octanol–water partition coefficient (Wildman–Crippen LogP) is 4.48. The largest absolute Gasteiger partial charge is 0.328 e. The molecule has 0 saturated heterocycles. The molecule has 2 aromatic rings. The summed E-state index contributed by atoms with van der Waals surface area (Å²) in [7, 11) is 0. The smallest absolute Gasteiger partial charge is 0.271 e. The molecule has 2 rings (SSSR count). The van der Waals surface area contributed by atoms with Gasteiger partial charge < -0.3 is 4.57 Å². The van der Waals surface area contributed by atoms with Crippen molar-refractivity contribution in [3.8, 4) is 0 Å². The van der Waals surface area contributed by atoms with Crippen LogP contribution in [-0.4, -0.2) is 14.5 Å². The highest BCUT2D eigenvalue weighted by Crippen LogP contribution is 2.23. The number of rotatable bonds is 8. The SMILES string of the molecule is CCCCCCn1c(CCC)nc2cc([N+](=O)[O-])ccc21. The molecule has 0 N–H and O–H groups in total. The Morgan fingerprint density at radius 3 is 2.67 bits per heavy atom. The first-order valence-corrected chi connectivity index (χ1v) is 7.81. The van der Waals surface area contributed by atoms with Crippen molar-refractivity contribution in [3.05, 3.63) is 34.1 Å². The van der Waals surface area contributed by atoms with Crippen molar-refractivity contribution in [2.75, 3.05) is 0 Å². The van der Waals surface area contributed by atoms with Crippen molar-refractivity contribution in [3.63, 3.8) is 0 Å². The number of nitro groups is 1. The fraction of sp³-hybridized carbons (Fsp3) is 0.562. The summed E-state index contributed by atoms with van der Waals surface area (Å²) in [6.07, 6.45) is 6.76. The first kappa shape index (κ1) is 15.5. The minimum Gasteiger partial charge on any atom is -0.328 e. The maximum Gasteiger partial charge on any atom is 0.271 e. The molecule has 5 heteroatoms. The first-order chi connectivity index (χ1) is 10.2. The number of fused-ring (bicyclic) bond motifs is 1. The summed E-state index contributed by atoms with van der Waals surface area (Å²) in [5.41, 5.74) is 1.87. The second-order valence-electron chi connectivity index (χ2n) is 5.42. The van der Waals surface area contributed by atoms with E-state index in [1.54, 1.807) is 12.1 Å². The van der Waals surface area contributed by atoms with Gasteiger partial charge in [-0.3, -0.25) is 10.1 Å². The van der Waals surface area contributed by atoms with Crippen LogP contribution in [0.3, 0.4) is 0 Å². The van der Waals surface area contributed by atoms with Crippen LogP contribution in [-0.2, 0) is 13.0 Å². The van der Waals surface area contributed by atoms with E-state index in [4.69, 9.17) is 0 Å². The second kappa shape index (κ2) is 7.20. The van der Waals surface area contributed by atoms with Crippen LogP contribution in [0.2, 0.25) is 0 Å². The molecule has 0 saturated carbocycles. The lowest BCUT2D eigenvalue weighted by Gasteiger charge is -2.08. The Morgan fingerprint density at radius 1 is 1.19 bits per heavy atom. The van der Waals surface area contributed by atoms with E-state index in [2.05, 4.69) is 23.4 Å². The number of aromatic nitrogens is 2. The van der Waals surface area contributed by atoms with Crippen LogP contribution >= 0.6 is 0 Å². The van der Waals surface area contributed by atoms with Gasteiger partial charge in [-0.05, 0) is 18.9 Å². The van der Waals surface area contributed by atoms with Crippen LogP contribution in [0, 0.1) is 10.1 Å². The molecule has 1 heterocycles. The first-order valence-electron chi connectivity index (χ1n) is 7.81. The van der Waals surface area contributed by atoms with Gasteiger partial charge >= 0.3 is 0 Å². The maximum atomic E-state index is 10.9. The zero-order chi connectivity index (χ0) is 15.2. The summed E-state index contributed by atoms with van der Waals surface area (Å²) in [6.45, 7) is 5.28. The van der Waals surface area contributed by atoms with Crippen molar-refractivity contribution >= 4 is 16.7 Å². The molecule has 1 aromatic heterocycles. The summed E-state index contributed by atoms with van der Waals surface area (Å²) in [6, 6.07) is 4.98. The molecule has 0 aliphatic heterocycles. The van der Waals surface area contributed by atoms with Crippen molar-refractivity contribution < 1.29 is 4.92 Å². The van der Waals surface area contributed by atoms with Crippen molar-refractivity contribution in [1.82, 2.24) is 9.55 Å².